The van der Waals surface area contributed by atoms with Gasteiger partial charge in [-0.05, 0) is 57.8 Å². The molecule has 0 radical (unpaired) electrons. The number of nitrogens with zero attached hydrogens (tertiary/aromatic N) is 2. The number of likely N-dealkylation sites (tertiary alicyclic amines) is 1. The minimum Gasteiger partial charge on any atom is -0.306 e. The Morgan fingerprint density at radius 2 is 1.84 bits per heavy atom. The highest BCUT2D eigenvalue weighted by Gasteiger charge is 2.23. The van der Waals surface area contributed by atoms with Gasteiger partial charge in [0, 0.05) is 13.1 Å². The van der Waals surface area contributed by atoms with E-state index in [2.05, 4.69) is 23.8 Å². The molecule has 2 fully saturated rings. The van der Waals surface area contributed by atoms with Gasteiger partial charge in [-0.15, -0.1) is 0 Å². The summed E-state index contributed by atoms with van der Waals surface area (Å²) in [5.41, 5.74) is 0. The van der Waals surface area contributed by atoms with Crippen LogP contribution in [0.5, 0.6) is 0 Å². The number of rotatable bonds is 7. The van der Waals surface area contributed by atoms with Crippen LogP contribution in [-0.4, -0.2) is 49.6 Å². The molecule has 0 aromatic rings. The summed E-state index contributed by atoms with van der Waals surface area (Å²) in [5.74, 6) is 2.00. The normalized spacial score (nSPS) is 26.4. The van der Waals surface area contributed by atoms with Crippen LogP contribution in [-0.2, 0) is 0 Å². The van der Waals surface area contributed by atoms with E-state index >= 15 is 0 Å². The fraction of sp³-hybridized carbons (Fsp3) is 1.00. The zero-order chi connectivity index (χ0) is 13.5. The molecule has 0 bridgehead atoms. The van der Waals surface area contributed by atoms with E-state index in [9.17, 15) is 0 Å². The second kappa shape index (κ2) is 8.26. The first-order valence-corrected chi connectivity index (χ1v) is 8.68. The molecule has 0 aromatic heterocycles. The Morgan fingerprint density at radius 1 is 1.05 bits per heavy atom. The molecule has 2 heteroatoms. The Morgan fingerprint density at radius 3 is 2.58 bits per heavy atom. The molecule has 1 aliphatic heterocycles. The summed E-state index contributed by atoms with van der Waals surface area (Å²) in [5, 5.41) is 0. The predicted molar refractivity (Wildman–Crippen MR) is 83.5 cm³/mol. The van der Waals surface area contributed by atoms with Crippen molar-refractivity contribution in [2.24, 2.45) is 11.8 Å². The van der Waals surface area contributed by atoms with E-state index in [1.54, 1.807) is 0 Å². The fourth-order valence-electron chi connectivity index (χ4n) is 3.91. The third-order valence-electron chi connectivity index (χ3n) is 5.29. The topological polar surface area (TPSA) is 6.48 Å². The molecule has 1 unspecified atom stereocenters. The summed E-state index contributed by atoms with van der Waals surface area (Å²) in [7, 11) is 2.26. The fourth-order valence-corrected chi connectivity index (χ4v) is 3.91. The van der Waals surface area contributed by atoms with Crippen LogP contribution in [0.2, 0.25) is 0 Å². The third-order valence-corrected chi connectivity index (χ3v) is 5.29. The van der Waals surface area contributed by atoms with Crippen LogP contribution in [0, 0.1) is 11.8 Å². The van der Waals surface area contributed by atoms with Gasteiger partial charge in [0.1, 0.15) is 0 Å². The van der Waals surface area contributed by atoms with Crippen molar-refractivity contribution in [2.75, 3.05) is 39.8 Å². The molecular formula is C17H34N2. The van der Waals surface area contributed by atoms with Gasteiger partial charge in [0.25, 0.3) is 0 Å². The van der Waals surface area contributed by atoms with Gasteiger partial charge in [0.05, 0.1) is 0 Å². The van der Waals surface area contributed by atoms with Gasteiger partial charge in [0.15, 0.2) is 0 Å². The van der Waals surface area contributed by atoms with Crippen molar-refractivity contribution in [3.63, 3.8) is 0 Å². The Hall–Kier alpha value is -0.0800. The van der Waals surface area contributed by atoms with Crippen molar-refractivity contribution in [1.29, 1.82) is 0 Å². The Balaban J connectivity index is 1.54. The van der Waals surface area contributed by atoms with Crippen LogP contribution < -0.4 is 0 Å². The second-order valence-electron chi connectivity index (χ2n) is 6.96. The molecule has 1 aliphatic carbocycles. The lowest BCUT2D eigenvalue weighted by Crippen LogP contribution is -2.28. The summed E-state index contributed by atoms with van der Waals surface area (Å²) in [6.07, 6.45) is 11.9. The smallest absolute Gasteiger partial charge is 0.00224 e. The molecule has 2 aliphatic rings. The van der Waals surface area contributed by atoms with E-state index in [-0.39, 0.29) is 0 Å². The van der Waals surface area contributed by atoms with Crippen LogP contribution >= 0.6 is 0 Å². The monoisotopic (exact) mass is 266 g/mol. The first-order chi connectivity index (χ1) is 9.28. The van der Waals surface area contributed by atoms with E-state index in [1.165, 1.54) is 84.1 Å². The standard InChI is InChI=1S/C17H34N2/c1-3-18(2)14-17-11-13-19(15-17)12-7-10-16-8-5-4-6-9-16/h16-17H,3-15H2,1-2H3. The van der Waals surface area contributed by atoms with Crippen LogP contribution in [0.4, 0.5) is 0 Å². The zero-order valence-corrected chi connectivity index (χ0v) is 13.2. The van der Waals surface area contributed by atoms with E-state index in [0.29, 0.717) is 0 Å². The molecule has 112 valence electrons. The Bertz CT molecular complexity index is 235. The van der Waals surface area contributed by atoms with Crippen molar-refractivity contribution in [3.8, 4) is 0 Å². The van der Waals surface area contributed by atoms with Gasteiger partial charge < -0.3 is 9.80 Å². The van der Waals surface area contributed by atoms with Crippen LogP contribution in [0.25, 0.3) is 0 Å². The van der Waals surface area contributed by atoms with Gasteiger partial charge in [-0.1, -0.05) is 39.0 Å². The van der Waals surface area contributed by atoms with Crippen molar-refractivity contribution >= 4 is 0 Å². The van der Waals surface area contributed by atoms with E-state index in [4.69, 9.17) is 0 Å². The van der Waals surface area contributed by atoms with Gasteiger partial charge >= 0.3 is 0 Å². The zero-order valence-electron chi connectivity index (χ0n) is 13.2. The van der Waals surface area contributed by atoms with Gasteiger partial charge in [-0.2, -0.15) is 0 Å². The maximum Gasteiger partial charge on any atom is 0.00224 e. The Labute approximate surface area is 120 Å². The Kier molecular flexibility index (Phi) is 6.66. The quantitative estimate of drug-likeness (QED) is 0.694. The maximum atomic E-state index is 2.72. The number of hydrogen-bond acceptors (Lipinski definition) is 2. The van der Waals surface area contributed by atoms with Crippen LogP contribution in [0.1, 0.15) is 58.3 Å². The highest BCUT2D eigenvalue weighted by molar-refractivity contribution is 4.77. The van der Waals surface area contributed by atoms with E-state index < -0.39 is 0 Å². The largest absolute Gasteiger partial charge is 0.306 e. The van der Waals surface area contributed by atoms with Gasteiger partial charge in [-0.25, -0.2) is 0 Å². The number of hydrogen-bond donors (Lipinski definition) is 0. The minimum atomic E-state index is 0.930. The lowest BCUT2D eigenvalue weighted by Gasteiger charge is -2.23. The van der Waals surface area contributed by atoms with E-state index in [1.807, 2.05) is 0 Å². The lowest BCUT2D eigenvalue weighted by molar-refractivity contribution is 0.258. The molecule has 2 rings (SSSR count). The summed E-state index contributed by atoms with van der Waals surface area (Å²) >= 11 is 0. The molecule has 1 saturated carbocycles. The molecule has 1 heterocycles. The van der Waals surface area contributed by atoms with Crippen molar-refractivity contribution in [3.05, 3.63) is 0 Å². The molecule has 0 aromatic carbocycles. The minimum absolute atomic E-state index is 0.930. The summed E-state index contributed by atoms with van der Waals surface area (Å²) in [4.78, 5) is 5.19. The second-order valence-corrected chi connectivity index (χ2v) is 6.96. The molecule has 0 N–H and O–H groups in total. The predicted octanol–water partition coefficient (Wildman–Crippen LogP) is 3.62. The van der Waals surface area contributed by atoms with Crippen molar-refractivity contribution in [1.82, 2.24) is 9.80 Å². The SMILES string of the molecule is CCN(C)CC1CCN(CCCC2CCCCC2)C1. The maximum absolute atomic E-state index is 2.72. The molecule has 0 amide bonds. The molecule has 2 nitrogen and oxygen atoms in total. The summed E-state index contributed by atoms with van der Waals surface area (Å²) < 4.78 is 0. The lowest BCUT2D eigenvalue weighted by atomic mass is 9.86. The highest BCUT2D eigenvalue weighted by atomic mass is 15.2. The van der Waals surface area contributed by atoms with Crippen LogP contribution in [0.15, 0.2) is 0 Å². The molecular weight excluding hydrogens is 232 g/mol. The highest BCUT2D eigenvalue weighted by Crippen LogP contribution is 2.27. The summed E-state index contributed by atoms with van der Waals surface area (Å²) in [6, 6.07) is 0. The first-order valence-electron chi connectivity index (χ1n) is 8.68. The average molecular weight is 266 g/mol. The average Bonchev–Trinajstić information content (AvgIpc) is 2.87. The first kappa shape index (κ1) is 15.3. The van der Waals surface area contributed by atoms with Gasteiger partial charge in [0.2, 0.25) is 0 Å². The van der Waals surface area contributed by atoms with Crippen molar-refractivity contribution < 1.29 is 0 Å². The molecule has 19 heavy (non-hydrogen) atoms. The van der Waals surface area contributed by atoms with Crippen LogP contribution in [0.3, 0.4) is 0 Å². The molecule has 0 spiro atoms. The molecule has 1 saturated heterocycles. The van der Waals surface area contributed by atoms with E-state index in [0.717, 1.165) is 11.8 Å². The summed E-state index contributed by atoms with van der Waals surface area (Å²) in [6.45, 7) is 8.83. The van der Waals surface area contributed by atoms with Gasteiger partial charge in [-0.3, -0.25) is 0 Å². The third kappa shape index (κ3) is 5.43. The van der Waals surface area contributed by atoms with Crippen molar-refractivity contribution in [2.45, 2.75) is 58.3 Å². The molecule has 1 atom stereocenters.